The molecule has 0 aromatic heterocycles. The van der Waals surface area contributed by atoms with Gasteiger partial charge in [0.2, 0.25) is 0 Å². The Morgan fingerprint density at radius 3 is 2.50 bits per heavy atom. The first-order valence-corrected chi connectivity index (χ1v) is 7.21. The predicted molar refractivity (Wildman–Crippen MR) is 74.9 cm³/mol. The molecule has 1 atom stereocenters. The third-order valence-corrected chi connectivity index (χ3v) is 2.65. The first kappa shape index (κ1) is 17.8. The summed E-state index contributed by atoms with van der Waals surface area (Å²) in [5, 5.41) is 12.9. The number of hydrogen-bond donors (Lipinski definition) is 2. The van der Waals surface area contributed by atoms with Crippen LogP contribution in [0.1, 0.15) is 40.0 Å². The van der Waals surface area contributed by atoms with E-state index in [1.165, 1.54) is 19.3 Å². The number of nitrogens with one attached hydrogen (secondary N) is 1. The van der Waals surface area contributed by atoms with E-state index in [2.05, 4.69) is 19.2 Å². The maximum Gasteiger partial charge on any atom is 0.0897 e. The van der Waals surface area contributed by atoms with Gasteiger partial charge in [-0.3, -0.25) is 0 Å². The molecule has 0 amide bonds. The highest BCUT2D eigenvalue weighted by Gasteiger charge is 2.03. The van der Waals surface area contributed by atoms with Crippen LogP contribution in [0.15, 0.2) is 0 Å². The Bertz CT molecular complexity index is 165. The van der Waals surface area contributed by atoms with Gasteiger partial charge in [-0.15, -0.1) is 0 Å². The lowest BCUT2D eigenvalue weighted by atomic mass is 10.1. The number of aliphatic hydroxyl groups excluding tert-OH is 1. The Morgan fingerprint density at radius 1 is 1.11 bits per heavy atom. The minimum Gasteiger partial charge on any atom is -0.389 e. The highest BCUT2D eigenvalue weighted by Crippen LogP contribution is 2.04. The van der Waals surface area contributed by atoms with E-state index in [0.29, 0.717) is 33.0 Å². The maximum atomic E-state index is 9.62. The maximum absolute atomic E-state index is 9.62. The zero-order chi connectivity index (χ0) is 13.6. The third kappa shape index (κ3) is 13.9. The van der Waals surface area contributed by atoms with Crippen molar-refractivity contribution in [3.05, 3.63) is 0 Å². The van der Waals surface area contributed by atoms with E-state index in [9.17, 15) is 5.11 Å². The molecule has 0 aliphatic carbocycles. The van der Waals surface area contributed by atoms with Crippen molar-refractivity contribution in [3.63, 3.8) is 0 Å². The molecule has 0 aromatic rings. The van der Waals surface area contributed by atoms with Crippen molar-refractivity contribution in [2.75, 3.05) is 39.5 Å². The fourth-order valence-electron chi connectivity index (χ4n) is 1.61. The lowest BCUT2D eigenvalue weighted by Crippen LogP contribution is -2.31. The molecule has 110 valence electrons. The summed E-state index contributed by atoms with van der Waals surface area (Å²) in [6.07, 6.45) is 3.30. The van der Waals surface area contributed by atoms with Crippen molar-refractivity contribution < 1.29 is 14.6 Å². The Morgan fingerprint density at radius 2 is 1.83 bits per heavy atom. The van der Waals surface area contributed by atoms with Crippen molar-refractivity contribution >= 4 is 0 Å². The monoisotopic (exact) mass is 261 g/mol. The van der Waals surface area contributed by atoms with Gasteiger partial charge in [-0.2, -0.15) is 0 Å². The summed E-state index contributed by atoms with van der Waals surface area (Å²) in [6.45, 7) is 10.3. The van der Waals surface area contributed by atoms with Crippen molar-refractivity contribution in [2.45, 2.75) is 46.1 Å². The molecule has 0 spiro atoms. The minimum absolute atomic E-state index is 0.381. The van der Waals surface area contributed by atoms with Crippen molar-refractivity contribution in [2.24, 2.45) is 5.92 Å². The molecule has 0 rings (SSSR count). The molecule has 0 aliphatic rings. The second kappa shape index (κ2) is 13.3. The van der Waals surface area contributed by atoms with Crippen LogP contribution in [-0.4, -0.2) is 50.7 Å². The summed E-state index contributed by atoms with van der Waals surface area (Å²) < 4.78 is 10.4. The molecule has 0 radical (unpaired) electrons. The van der Waals surface area contributed by atoms with Gasteiger partial charge in [0.05, 0.1) is 25.9 Å². The topological polar surface area (TPSA) is 50.7 Å². The van der Waals surface area contributed by atoms with Crippen LogP contribution in [0.3, 0.4) is 0 Å². The first-order chi connectivity index (χ1) is 8.66. The number of unbranched alkanes of at least 4 members (excludes halogenated alkanes) is 1. The van der Waals surface area contributed by atoms with Crippen LogP contribution in [0.4, 0.5) is 0 Å². The fourth-order valence-corrected chi connectivity index (χ4v) is 1.61. The smallest absolute Gasteiger partial charge is 0.0897 e. The highest BCUT2D eigenvalue weighted by atomic mass is 16.5. The molecule has 0 fully saturated rings. The van der Waals surface area contributed by atoms with E-state index in [0.717, 1.165) is 12.5 Å². The van der Waals surface area contributed by atoms with Gasteiger partial charge < -0.3 is 19.9 Å². The fraction of sp³-hybridized carbons (Fsp3) is 1.00. The van der Waals surface area contributed by atoms with Crippen LogP contribution < -0.4 is 5.32 Å². The molecular formula is C14H31NO3. The molecule has 18 heavy (non-hydrogen) atoms. The highest BCUT2D eigenvalue weighted by molar-refractivity contribution is 4.58. The van der Waals surface area contributed by atoms with Gasteiger partial charge >= 0.3 is 0 Å². The number of hydrogen-bond acceptors (Lipinski definition) is 4. The van der Waals surface area contributed by atoms with Gasteiger partial charge in [-0.25, -0.2) is 0 Å². The minimum atomic E-state index is -0.420. The van der Waals surface area contributed by atoms with Crippen molar-refractivity contribution in [3.8, 4) is 0 Å². The Kier molecular flexibility index (Phi) is 13.2. The van der Waals surface area contributed by atoms with E-state index >= 15 is 0 Å². The summed E-state index contributed by atoms with van der Waals surface area (Å²) in [6, 6.07) is 0. The molecule has 4 nitrogen and oxygen atoms in total. The lowest BCUT2D eigenvalue weighted by molar-refractivity contribution is 0.00654. The van der Waals surface area contributed by atoms with Gasteiger partial charge in [-0.1, -0.05) is 26.7 Å². The van der Waals surface area contributed by atoms with Crippen molar-refractivity contribution in [1.29, 1.82) is 0 Å². The third-order valence-electron chi connectivity index (χ3n) is 2.65. The van der Waals surface area contributed by atoms with Crippen molar-refractivity contribution in [1.82, 2.24) is 5.32 Å². The van der Waals surface area contributed by atoms with Gasteiger partial charge in [0.1, 0.15) is 0 Å². The zero-order valence-electron chi connectivity index (χ0n) is 12.3. The van der Waals surface area contributed by atoms with Crippen LogP contribution in [0.2, 0.25) is 0 Å². The van der Waals surface area contributed by atoms with Crippen LogP contribution in [0.5, 0.6) is 0 Å². The molecule has 0 aromatic carbocycles. The van der Waals surface area contributed by atoms with E-state index in [1.807, 2.05) is 6.92 Å². The summed E-state index contributed by atoms with van der Waals surface area (Å²) in [4.78, 5) is 0. The lowest BCUT2D eigenvalue weighted by Gasteiger charge is -2.12. The van der Waals surface area contributed by atoms with Crippen LogP contribution >= 0.6 is 0 Å². The molecule has 0 saturated heterocycles. The normalized spacial score (nSPS) is 13.2. The summed E-state index contributed by atoms with van der Waals surface area (Å²) in [5.74, 6) is 0.786. The molecular weight excluding hydrogens is 230 g/mol. The summed E-state index contributed by atoms with van der Waals surface area (Å²) in [5.41, 5.74) is 0. The van der Waals surface area contributed by atoms with E-state index in [-0.39, 0.29) is 0 Å². The quantitative estimate of drug-likeness (QED) is 0.497. The molecule has 4 heteroatoms. The molecule has 0 bridgehead atoms. The van der Waals surface area contributed by atoms with Gasteiger partial charge in [-0.05, 0) is 25.8 Å². The number of rotatable bonds is 13. The number of ether oxygens (including phenoxy) is 2. The second-order valence-electron chi connectivity index (χ2n) is 5.02. The molecule has 0 heterocycles. The average molecular weight is 261 g/mol. The molecule has 1 unspecified atom stereocenters. The number of aliphatic hydroxyl groups is 1. The Hall–Kier alpha value is -0.160. The van der Waals surface area contributed by atoms with E-state index in [1.54, 1.807) is 0 Å². The predicted octanol–water partition coefficient (Wildman–Crippen LogP) is 1.82. The van der Waals surface area contributed by atoms with Crippen LogP contribution in [-0.2, 0) is 9.47 Å². The van der Waals surface area contributed by atoms with E-state index < -0.39 is 6.10 Å². The Balaban J connectivity index is 3.14. The van der Waals surface area contributed by atoms with Crippen LogP contribution in [0, 0.1) is 5.92 Å². The van der Waals surface area contributed by atoms with Gasteiger partial charge in [0.15, 0.2) is 0 Å². The molecule has 0 aliphatic heterocycles. The zero-order valence-corrected chi connectivity index (χ0v) is 12.3. The average Bonchev–Trinajstić information content (AvgIpc) is 2.33. The largest absolute Gasteiger partial charge is 0.389 e. The Labute approximate surface area is 112 Å². The van der Waals surface area contributed by atoms with Gasteiger partial charge in [0, 0.05) is 13.2 Å². The summed E-state index contributed by atoms with van der Waals surface area (Å²) >= 11 is 0. The standard InChI is InChI=1S/C14H31NO3/c1-4-17-9-10-18-12-14(16)11-15-8-6-5-7-13(2)3/h13-16H,4-12H2,1-3H3. The van der Waals surface area contributed by atoms with Gasteiger partial charge in [0.25, 0.3) is 0 Å². The molecule has 0 saturated carbocycles. The molecule has 2 N–H and O–H groups in total. The second-order valence-corrected chi connectivity index (χ2v) is 5.02. The van der Waals surface area contributed by atoms with E-state index in [4.69, 9.17) is 9.47 Å². The first-order valence-electron chi connectivity index (χ1n) is 7.21. The SMILES string of the molecule is CCOCCOCC(O)CNCCCCC(C)C. The van der Waals surface area contributed by atoms with Crippen LogP contribution in [0.25, 0.3) is 0 Å². The summed E-state index contributed by atoms with van der Waals surface area (Å²) in [7, 11) is 0.